The number of rotatable bonds is 9. The van der Waals surface area contributed by atoms with E-state index in [4.69, 9.17) is 11.6 Å². The summed E-state index contributed by atoms with van der Waals surface area (Å²) in [5, 5.41) is 16.7. The first-order chi connectivity index (χ1) is 19.9. The van der Waals surface area contributed by atoms with Crippen LogP contribution in [0.4, 0.5) is 0 Å². The predicted molar refractivity (Wildman–Crippen MR) is 165 cm³/mol. The van der Waals surface area contributed by atoms with E-state index >= 15 is 0 Å². The number of hydrogen-bond acceptors (Lipinski definition) is 6. The molecule has 1 N–H and O–H groups in total. The van der Waals surface area contributed by atoms with Crippen molar-refractivity contribution in [2.24, 2.45) is 11.2 Å². The molecule has 1 saturated carbocycles. The zero-order valence-corrected chi connectivity index (χ0v) is 24.9. The molecule has 0 bridgehead atoms. The molecule has 0 radical (unpaired) electrons. The van der Waals surface area contributed by atoms with E-state index in [1.54, 1.807) is 24.3 Å². The fourth-order valence-electron chi connectivity index (χ4n) is 5.24. The molecule has 41 heavy (non-hydrogen) atoms. The Labute approximate surface area is 249 Å². The molecule has 7 nitrogen and oxygen atoms in total. The highest BCUT2D eigenvalue weighted by atomic mass is 35.5. The summed E-state index contributed by atoms with van der Waals surface area (Å²) < 4.78 is 16.3. The van der Waals surface area contributed by atoms with Crippen LogP contribution in [0, 0.1) is 22.2 Å². The molecule has 1 aliphatic rings. The summed E-state index contributed by atoms with van der Waals surface area (Å²) >= 11 is 7.52. The number of nitrogens with one attached hydrogen (secondary N) is 1. The number of aromatic nitrogens is 1. The van der Waals surface area contributed by atoms with Crippen molar-refractivity contribution in [2.75, 3.05) is 0 Å². The van der Waals surface area contributed by atoms with Crippen molar-refractivity contribution in [1.82, 2.24) is 9.40 Å². The molecule has 10 heteroatoms. The summed E-state index contributed by atoms with van der Waals surface area (Å²) in [5.74, 6) is -0.767. The van der Waals surface area contributed by atoms with E-state index < -0.39 is 11.0 Å². The van der Waals surface area contributed by atoms with Gasteiger partial charge in [0.25, 0.3) is 0 Å². The van der Waals surface area contributed by atoms with Gasteiger partial charge in [-0.15, -0.1) is 16.2 Å². The quantitative estimate of drug-likeness (QED) is 0.180. The summed E-state index contributed by atoms with van der Waals surface area (Å²) in [5.41, 5.74) is 6.14. The van der Waals surface area contributed by atoms with Gasteiger partial charge in [-0.3, -0.25) is 8.77 Å². The van der Waals surface area contributed by atoms with Crippen LogP contribution in [0.25, 0.3) is 34.5 Å². The van der Waals surface area contributed by atoms with Gasteiger partial charge in [0.1, 0.15) is 10.9 Å². The second-order valence-corrected chi connectivity index (χ2v) is 12.3. The van der Waals surface area contributed by atoms with E-state index in [9.17, 15) is 19.2 Å². The average Bonchev–Trinajstić information content (AvgIpc) is 3.55. The zero-order valence-electron chi connectivity index (χ0n) is 22.5. The molecule has 2 aromatic carbocycles. The minimum atomic E-state index is -1.65. The van der Waals surface area contributed by atoms with Gasteiger partial charge < -0.3 is 0 Å². The first kappa shape index (κ1) is 28.7. The number of thiophene rings is 1. The van der Waals surface area contributed by atoms with Gasteiger partial charge in [0.05, 0.1) is 21.2 Å². The van der Waals surface area contributed by atoms with E-state index in [0.29, 0.717) is 27.6 Å². The number of carbonyl (C=O) groups excluding carboxylic acids is 1. The number of nitriles is 1. The standard InChI is InChI=1S/C31H27ClN4O3S2/c1-3-6-23-27(7-4-2)36(41(39)22-12-10-21(32)11-13-22)30(29(23)24-14-15-40-28(24)18-33)20-9-5-8-19(16-20)25-17-26(25)31(37)34-35-38/h5-16,25-26H,3-4,17H2,1-2H3,(H,34,37,38)/b23-6+,27-7+. The van der Waals surface area contributed by atoms with Crippen molar-refractivity contribution in [1.29, 1.82) is 5.26 Å². The molecule has 0 saturated heterocycles. The Hall–Kier alpha value is -3.84. The van der Waals surface area contributed by atoms with Crippen molar-refractivity contribution < 1.29 is 9.00 Å². The van der Waals surface area contributed by atoms with Crippen LogP contribution in [0.2, 0.25) is 5.02 Å². The largest absolute Gasteiger partial charge is 0.273 e. The van der Waals surface area contributed by atoms with E-state index in [1.165, 1.54) is 11.3 Å². The summed E-state index contributed by atoms with van der Waals surface area (Å²) in [6.45, 7) is 4.09. The Morgan fingerprint density at radius 1 is 1.20 bits per heavy atom. The van der Waals surface area contributed by atoms with Crippen molar-refractivity contribution in [3.8, 4) is 28.5 Å². The van der Waals surface area contributed by atoms with E-state index in [-0.39, 0.29) is 17.7 Å². The van der Waals surface area contributed by atoms with Gasteiger partial charge in [-0.1, -0.05) is 55.8 Å². The highest BCUT2D eigenvalue weighted by Crippen LogP contribution is 2.48. The Morgan fingerprint density at radius 2 is 1.95 bits per heavy atom. The van der Waals surface area contributed by atoms with Gasteiger partial charge >= 0.3 is 0 Å². The van der Waals surface area contributed by atoms with Gasteiger partial charge in [-0.2, -0.15) is 5.26 Å². The van der Waals surface area contributed by atoms with E-state index in [0.717, 1.165) is 44.9 Å². The average molecular weight is 603 g/mol. The third kappa shape index (κ3) is 5.55. The molecule has 1 aliphatic carbocycles. The van der Waals surface area contributed by atoms with Gasteiger partial charge in [-0.05, 0) is 72.5 Å². The van der Waals surface area contributed by atoms with Gasteiger partial charge in [0.15, 0.2) is 11.0 Å². The van der Waals surface area contributed by atoms with E-state index in [2.05, 4.69) is 30.4 Å². The fraction of sp³-hybridized carbons (Fsp3) is 0.226. The molecule has 5 rings (SSSR count). The minimum absolute atomic E-state index is 0.0514. The first-order valence-electron chi connectivity index (χ1n) is 13.3. The molecular formula is C31H27ClN4O3S2. The zero-order chi connectivity index (χ0) is 29.1. The molecule has 208 valence electrons. The van der Waals surface area contributed by atoms with Gasteiger partial charge in [-0.25, -0.2) is 9.63 Å². The third-order valence-corrected chi connectivity index (χ3v) is 9.56. The summed E-state index contributed by atoms with van der Waals surface area (Å²) in [4.78, 5) is 24.0. The topological polar surface area (TPSA) is 104 Å². The SMILES string of the molecule is CC/C=c1/c(-c2ccsc2C#N)c(-c2cccc(C3CC3C(=O)NN=O)c2)n(S(=O)c2ccc(Cl)cc2)/c1=C/CC. The van der Waals surface area contributed by atoms with Crippen molar-refractivity contribution in [3.63, 3.8) is 0 Å². The molecule has 4 aromatic rings. The molecule has 1 fully saturated rings. The van der Waals surface area contributed by atoms with Crippen LogP contribution >= 0.6 is 22.9 Å². The molecule has 2 aromatic heterocycles. The molecule has 3 atom stereocenters. The predicted octanol–water partition coefficient (Wildman–Crippen LogP) is 6.26. The van der Waals surface area contributed by atoms with Crippen molar-refractivity contribution >= 4 is 52.0 Å². The second-order valence-electron chi connectivity index (χ2n) is 9.66. The van der Waals surface area contributed by atoms with Crippen LogP contribution < -0.4 is 16.0 Å². The van der Waals surface area contributed by atoms with E-state index in [1.807, 2.05) is 52.0 Å². The third-order valence-electron chi connectivity index (χ3n) is 7.10. The van der Waals surface area contributed by atoms with Crippen molar-refractivity contribution in [2.45, 2.75) is 43.9 Å². The van der Waals surface area contributed by atoms with Crippen molar-refractivity contribution in [3.05, 3.63) is 90.9 Å². The van der Waals surface area contributed by atoms with Gasteiger partial charge in [0.2, 0.25) is 5.91 Å². The summed E-state index contributed by atoms with van der Waals surface area (Å²) in [6, 6.07) is 19.1. The Kier molecular flexibility index (Phi) is 8.64. The Morgan fingerprint density at radius 3 is 2.63 bits per heavy atom. The lowest BCUT2D eigenvalue weighted by molar-refractivity contribution is -0.122. The summed E-state index contributed by atoms with van der Waals surface area (Å²) in [6.07, 6.45) is 6.25. The maximum absolute atomic E-state index is 14.4. The number of benzene rings is 2. The lowest BCUT2D eigenvalue weighted by Gasteiger charge is -2.13. The monoisotopic (exact) mass is 602 g/mol. The first-order valence-corrected chi connectivity index (χ1v) is 15.6. The lowest BCUT2D eigenvalue weighted by atomic mass is 9.97. The fourth-order valence-corrected chi connectivity index (χ4v) is 7.35. The maximum Gasteiger partial charge on any atom is 0.246 e. The highest BCUT2D eigenvalue weighted by molar-refractivity contribution is 7.83. The number of hydrogen-bond donors (Lipinski definition) is 1. The van der Waals surface area contributed by atoms with Crippen LogP contribution in [0.3, 0.4) is 0 Å². The molecule has 0 aliphatic heterocycles. The highest BCUT2D eigenvalue weighted by Gasteiger charge is 2.44. The lowest BCUT2D eigenvalue weighted by Crippen LogP contribution is -2.31. The molecular weight excluding hydrogens is 576 g/mol. The van der Waals surface area contributed by atoms with Gasteiger partial charge in [0, 0.05) is 32.8 Å². The normalized spacial score (nSPS) is 17.7. The number of carbonyl (C=O) groups is 1. The number of amides is 1. The molecule has 1 amide bonds. The van der Waals surface area contributed by atoms with Crippen LogP contribution in [0.5, 0.6) is 0 Å². The van der Waals surface area contributed by atoms with Crippen LogP contribution in [0.15, 0.2) is 70.2 Å². The van der Waals surface area contributed by atoms with Crippen LogP contribution in [-0.4, -0.2) is 14.1 Å². The molecule has 0 spiro atoms. The minimum Gasteiger partial charge on any atom is -0.273 e. The number of nitroso groups, excluding NO2 is 1. The maximum atomic E-state index is 14.4. The number of nitrogens with zero attached hydrogens (tertiary/aromatic N) is 3. The Balaban J connectivity index is 1.83. The Bertz CT molecular complexity index is 1820. The second kappa shape index (κ2) is 12.4. The number of halogens is 1. The van der Waals surface area contributed by atoms with Crippen LogP contribution in [-0.2, 0) is 15.8 Å². The molecule has 2 heterocycles. The summed E-state index contributed by atoms with van der Waals surface area (Å²) in [7, 11) is -1.65. The van der Waals surface area contributed by atoms with Crippen LogP contribution in [0.1, 0.15) is 49.5 Å². The smallest absolute Gasteiger partial charge is 0.246 e. The molecule has 3 unspecified atom stereocenters.